The molecule has 5 nitrogen and oxygen atoms in total. The Hall–Kier alpha value is -2.53. The summed E-state index contributed by atoms with van der Waals surface area (Å²) >= 11 is 0. The maximum Gasteiger partial charge on any atom is 0.217 e. The van der Waals surface area contributed by atoms with Crippen molar-refractivity contribution in [3.05, 3.63) is 60.2 Å². The standard InChI is InChI=1S/C22H29N3O2/c1-19(26)23-18-20-8-10-22(11-9-20)27-17-5-12-24-13-15-25(16-14-24)21-6-3-2-4-7-21/h2-4,6-11H,5,12-18H2,1H3,(H,23,26). The van der Waals surface area contributed by atoms with Gasteiger partial charge in [0.1, 0.15) is 5.75 Å². The van der Waals surface area contributed by atoms with Crippen LogP contribution in [0.5, 0.6) is 5.75 Å². The number of carbonyl (C=O) groups excluding carboxylic acids is 1. The van der Waals surface area contributed by atoms with Crippen LogP contribution in [0.15, 0.2) is 54.6 Å². The molecule has 0 spiro atoms. The molecular formula is C22H29N3O2. The Morgan fingerprint density at radius 3 is 2.37 bits per heavy atom. The van der Waals surface area contributed by atoms with Gasteiger partial charge in [-0.15, -0.1) is 0 Å². The molecule has 0 aromatic heterocycles. The molecule has 0 aliphatic carbocycles. The minimum absolute atomic E-state index is 0.0140. The van der Waals surface area contributed by atoms with Gasteiger partial charge in [0, 0.05) is 51.9 Å². The van der Waals surface area contributed by atoms with E-state index in [4.69, 9.17) is 4.74 Å². The van der Waals surface area contributed by atoms with Crippen molar-refractivity contribution in [1.29, 1.82) is 0 Å². The van der Waals surface area contributed by atoms with E-state index in [-0.39, 0.29) is 5.91 Å². The van der Waals surface area contributed by atoms with Gasteiger partial charge in [-0.1, -0.05) is 30.3 Å². The first-order chi connectivity index (χ1) is 13.2. The van der Waals surface area contributed by atoms with Crippen molar-refractivity contribution in [2.45, 2.75) is 19.9 Å². The van der Waals surface area contributed by atoms with Crippen molar-refractivity contribution in [3.8, 4) is 5.75 Å². The molecule has 1 aliphatic rings. The number of rotatable bonds is 8. The Bertz CT molecular complexity index is 695. The lowest BCUT2D eigenvalue weighted by Gasteiger charge is -2.36. The number of ether oxygens (including phenoxy) is 1. The average Bonchev–Trinajstić information content (AvgIpc) is 2.71. The third-order valence-electron chi connectivity index (χ3n) is 4.85. The minimum Gasteiger partial charge on any atom is -0.494 e. The summed E-state index contributed by atoms with van der Waals surface area (Å²) in [6.07, 6.45) is 1.03. The van der Waals surface area contributed by atoms with Gasteiger partial charge >= 0.3 is 0 Å². The summed E-state index contributed by atoms with van der Waals surface area (Å²) in [5.41, 5.74) is 2.40. The number of nitrogens with one attached hydrogen (secondary N) is 1. The fourth-order valence-corrected chi connectivity index (χ4v) is 3.28. The molecule has 0 bridgehead atoms. The predicted octanol–water partition coefficient (Wildman–Crippen LogP) is 2.91. The van der Waals surface area contributed by atoms with Gasteiger partial charge in [-0.2, -0.15) is 0 Å². The van der Waals surface area contributed by atoms with Gasteiger partial charge in [0.15, 0.2) is 0 Å². The Labute approximate surface area is 161 Å². The van der Waals surface area contributed by atoms with Gasteiger partial charge in [-0.25, -0.2) is 0 Å². The largest absolute Gasteiger partial charge is 0.494 e. The second-order valence-electron chi connectivity index (χ2n) is 6.92. The average molecular weight is 367 g/mol. The number of hydrogen-bond donors (Lipinski definition) is 1. The van der Waals surface area contributed by atoms with Gasteiger partial charge in [0.25, 0.3) is 0 Å². The van der Waals surface area contributed by atoms with Gasteiger partial charge in [-0.3, -0.25) is 9.69 Å². The van der Waals surface area contributed by atoms with Crippen LogP contribution in [0.1, 0.15) is 18.9 Å². The molecule has 27 heavy (non-hydrogen) atoms. The van der Waals surface area contributed by atoms with Gasteiger partial charge in [0.05, 0.1) is 6.61 Å². The van der Waals surface area contributed by atoms with Crippen LogP contribution in [0.3, 0.4) is 0 Å². The molecule has 1 fully saturated rings. The fraction of sp³-hybridized carbons (Fsp3) is 0.409. The Balaban J connectivity index is 1.31. The molecule has 144 valence electrons. The Kier molecular flexibility index (Phi) is 7.11. The van der Waals surface area contributed by atoms with Crippen molar-refractivity contribution in [3.63, 3.8) is 0 Å². The topological polar surface area (TPSA) is 44.8 Å². The number of amides is 1. The smallest absolute Gasteiger partial charge is 0.217 e. The van der Waals surface area contributed by atoms with Gasteiger partial charge < -0.3 is 15.0 Å². The summed E-state index contributed by atoms with van der Waals surface area (Å²) in [4.78, 5) is 15.9. The minimum atomic E-state index is -0.0140. The Morgan fingerprint density at radius 2 is 1.70 bits per heavy atom. The maximum atomic E-state index is 10.9. The zero-order chi connectivity index (χ0) is 18.9. The van der Waals surface area contributed by atoms with E-state index in [0.717, 1.165) is 57.1 Å². The van der Waals surface area contributed by atoms with Crippen LogP contribution < -0.4 is 15.0 Å². The van der Waals surface area contributed by atoms with E-state index < -0.39 is 0 Å². The molecule has 2 aromatic rings. The van der Waals surface area contributed by atoms with Crippen molar-refractivity contribution < 1.29 is 9.53 Å². The van der Waals surface area contributed by atoms with E-state index in [1.54, 1.807) is 0 Å². The highest BCUT2D eigenvalue weighted by Gasteiger charge is 2.16. The lowest BCUT2D eigenvalue weighted by molar-refractivity contribution is -0.119. The first-order valence-corrected chi connectivity index (χ1v) is 9.69. The molecule has 1 N–H and O–H groups in total. The maximum absolute atomic E-state index is 10.9. The summed E-state index contributed by atoms with van der Waals surface area (Å²) in [7, 11) is 0. The molecule has 2 aromatic carbocycles. The van der Waals surface area contributed by atoms with Crippen LogP contribution in [0.2, 0.25) is 0 Å². The van der Waals surface area contributed by atoms with E-state index in [1.165, 1.54) is 12.6 Å². The first-order valence-electron chi connectivity index (χ1n) is 9.69. The Morgan fingerprint density at radius 1 is 1.00 bits per heavy atom. The third-order valence-corrected chi connectivity index (χ3v) is 4.85. The number of anilines is 1. The molecule has 1 heterocycles. The highest BCUT2D eigenvalue weighted by molar-refractivity contribution is 5.72. The summed E-state index contributed by atoms with van der Waals surface area (Å²) < 4.78 is 5.84. The zero-order valence-electron chi connectivity index (χ0n) is 16.1. The number of carbonyl (C=O) groups is 1. The fourth-order valence-electron chi connectivity index (χ4n) is 3.28. The van der Waals surface area contributed by atoms with Crippen molar-refractivity contribution in [2.75, 3.05) is 44.2 Å². The molecule has 1 aliphatic heterocycles. The van der Waals surface area contributed by atoms with Crippen molar-refractivity contribution in [2.24, 2.45) is 0 Å². The van der Waals surface area contributed by atoms with E-state index in [1.807, 2.05) is 24.3 Å². The SMILES string of the molecule is CC(=O)NCc1ccc(OCCCN2CCN(c3ccccc3)CC2)cc1. The molecule has 0 saturated carbocycles. The molecular weight excluding hydrogens is 338 g/mol. The lowest BCUT2D eigenvalue weighted by atomic mass is 10.2. The van der Waals surface area contributed by atoms with Crippen LogP contribution in [0.4, 0.5) is 5.69 Å². The summed E-state index contributed by atoms with van der Waals surface area (Å²) in [6, 6.07) is 18.6. The molecule has 1 saturated heterocycles. The number of para-hydroxylation sites is 1. The highest BCUT2D eigenvalue weighted by Crippen LogP contribution is 2.16. The number of hydrogen-bond acceptors (Lipinski definition) is 4. The number of nitrogens with zero attached hydrogens (tertiary/aromatic N) is 2. The van der Waals surface area contributed by atoms with E-state index >= 15 is 0 Å². The highest BCUT2D eigenvalue weighted by atomic mass is 16.5. The molecule has 1 amide bonds. The predicted molar refractivity (Wildman–Crippen MR) is 109 cm³/mol. The monoisotopic (exact) mass is 367 g/mol. The summed E-state index contributed by atoms with van der Waals surface area (Å²) in [5, 5.41) is 2.79. The van der Waals surface area contributed by atoms with Crippen molar-refractivity contribution >= 4 is 11.6 Å². The molecule has 5 heteroatoms. The second kappa shape index (κ2) is 9.97. The number of benzene rings is 2. The van der Waals surface area contributed by atoms with Crippen LogP contribution >= 0.6 is 0 Å². The van der Waals surface area contributed by atoms with Gasteiger partial charge in [-0.05, 0) is 36.2 Å². The molecule has 3 rings (SSSR count). The summed E-state index contributed by atoms with van der Waals surface area (Å²) in [6.45, 7) is 8.26. The van der Waals surface area contributed by atoms with Crippen LogP contribution in [0.25, 0.3) is 0 Å². The van der Waals surface area contributed by atoms with E-state index in [9.17, 15) is 4.79 Å². The second-order valence-corrected chi connectivity index (χ2v) is 6.92. The van der Waals surface area contributed by atoms with Crippen LogP contribution in [-0.4, -0.2) is 50.1 Å². The number of piperazine rings is 1. The molecule has 0 atom stereocenters. The summed E-state index contributed by atoms with van der Waals surface area (Å²) in [5.74, 6) is 0.871. The zero-order valence-corrected chi connectivity index (χ0v) is 16.1. The van der Waals surface area contributed by atoms with Gasteiger partial charge in [0.2, 0.25) is 5.91 Å². The van der Waals surface area contributed by atoms with E-state index in [0.29, 0.717) is 6.54 Å². The van der Waals surface area contributed by atoms with E-state index in [2.05, 4.69) is 45.4 Å². The molecule has 0 radical (unpaired) electrons. The molecule has 0 unspecified atom stereocenters. The lowest BCUT2D eigenvalue weighted by Crippen LogP contribution is -2.46. The quantitative estimate of drug-likeness (QED) is 0.729. The van der Waals surface area contributed by atoms with Crippen molar-refractivity contribution in [1.82, 2.24) is 10.2 Å². The third kappa shape index (κ3) is 6.29. The first kappa shape index (κ1) is 19.2. The van der Waals surface area contributed by atoms with Crippen LogP contribution in [-0.2, 0) is 11.3 Å². The normalized spacial score (nSPS) is 14.8. The van der Waals surface area contributed by atoms with Crippen LogP contribution in [0, 0.1) is 0 Å².